The average molecular weight is 231 g/mol. The van der Waals surface area contributed by atoms with Crippen molar-refractivity contribution in [2.45, 2.75) is 6.92 Å². The van der Waals surface area contributed by atoms with Crippen molar-refractivity contribution in [3.05, 3.63) is 14.3 Å². The molecule has 2 aromatic rings. The van der Waals surface area contributed by atoms with E-state index in [1.165, 1.54) is 27.2 Å². The first-order chi connectivity index (χ1) is 6.18. The molecule has 4 nitrogen and oxygen atoms in total. The second kappa shape index (κ2) is 3.17. The van der Waals surface area contributed by atoms with Crippen LogP contribution in [0.1, 0.15) is 5.01 Å². The minimum absolute atomic E-state index is 0.117. The molecule has 1 N–H and O–H groups in total. The minimum atomic E-state index is 0.117. The second-order valence-corrected chi connectivity index (χ2v) is 4.96. The molecule has 0 saturated heterocycles. The van der Waals surface area contributed by atoms with Crippen molar-refractivity contribution < 1.29 is 5.11 Å². The zero-order valence-electron chi connectivity index (χ0n) is 6.59. The first-order valence-corrected chi connectivity index (χ1v) is 5.49. The average Bonchev–Trinajstić information content (AvgIpc) is 2.60. The Morgan fingerprint density at radius 3 is 2.77 bits per heavy atom. The Bertz CT molecular complexity index is 483. The maximum Gasteiger partial charge on any atom is 0.221 e. The van der Waals surface area contributed by atoms with Crippen molar-refractivity contribution >= 4 is 34.9 Å². The summed E-state index contributed by atoms with van der Waals surface area (Å²) in [4.78, 5) is 0. The van der Waals surface area contributed by atoms with Crippen molar-refractivity contribution in [1.29, 1.82) is 0 Å². The highest BCUT2D eigenvalue weighted by atomic mass is 32.1. The van der Waals surface area contributed by atoms with Gasteiger partial charge in [0.25, 0.3) is 0 Å². The molecule has 0 aliphatic carbocycles. The Labute approximate surface area is 87.1 Å². The number of aromatic hydroxyl groups is 1. The molecular formula is C6H5N3OS3. The third-order valence-electron chi connectivity index (χ3n) is 1.38. The summed E-state index contributed by atoms with van der Waals surface area (Å²) >= 11 is 7.72. The molecule has 0 atom stereocenters. The van der Waals surface area contributed by atoms with Crippen LogP contribution >= 0.6 is 34.9 Å². The fourth-order valence-corrected chi connectivity index (χ4v) is 2.60. The number of hydrogen-bond acceptors (Lipinski definition) is 6. The van der Waals surface area contributed by atoms with E-state index >= 15 is 0 Å². The molecule has 0 aromatic carbocycles. The molecule has 0 amide bonds. The van der Waals surface area contributed by atoms with Crippen molar-refractivity contribution in [3.8, 4) is 11.0 Å². The highest BCUT2D eigenvalue weighted by molar-refractivity contribution is 7.73. The SMILES string of the molecule is Cc1nnc(-n2c(O)csc2=S)s1. The van der Waals surface area contributed by atoms with Gasteiger partial charge in [0.2, 0.25) is 11.0 Å². The van der Waals surface area contributed by atoms with E-state index in [1.807, 2.05) is 6.92 Å². The van der Waals surface area contributed by atoms with Gasteiger partial charge in [-0.25, -0.2) is 4.57 Å². The van der Waals surface area contributed by atoms with Crippen LogP contribution in [0.5, 0.6) is 5.88 Å². The molecule has 2 rings (SSSR count). The van der Waals surface area contributed by atoms with Gasteiger partial charge in [0.1, 0.15) is 5.01 Å². The summed E-state index contributed by atoms with van der Waals surface area (Å²) in [6.45, 7) is 1.86. The van der Waals surface area contributed by atoms with Gasteiger partial charge in [0, 0.05) is 0 Å². The lowest BCUT2D eigenvalue weighted by molar-refractivity contribution is 0.441. The van der Waals surface area contributed by atoms with E-state index in [4.69, 9.17) is 12.2 Å². The van der Waals surface area contributed by atoms with Crippen LogP contribution in [-0.4, -0.2) is 19.9 Å². The zero-order chi connectivity index (χ0) is 9.42. The zero-order valence-corrected chi connectivity index (χ0v) is 9.04. The molecule has 0 unspecified atom stereocenters. The number of nitrogens with zero attached hydrogens (tertiary/aromatic N) is 3. The molecule has 2 heterocycles. The highest BCUT2D eigenvalue weighted by Crippen LogP contribution is 2.24. The van der Waals surface area contributed by atoms with Crippen LogP contribution in [0.15, 0.2) is 5.38 Å². The lowest BCUT2D eigenvalue weighted by atomic mass is 10.8. The second-order valence-electron chi connectivity index (χ2n) is 2.30. The van der Waals surface area contributed by atoms with E-state index in [9.17, 15) is 5.11 Å². The quantitative estimate of drug-likeness (QED) is 0.764. The smallest absolute Gasteiger partial charge is 0.221 e. The van der Waals surface area contributed by atoms with Crippen LogP contribution in [0.25, 0.3) is 5.13 Å². The predicted octanol–water partition coefficient (Wildman–Crippen LogP) is 2.13. The van der Waals surface area contributed by atoms with Gasteiger partial charge in [0.15, 0.2) is 3.95 Å². The molecule has 68 valence electrons. The van der Waals surface area contributed by atoms with Crippen LogP contribution < -0.4 is 0 Å². The highest BCUT2D eigenvalue weighted by Gasteiger charge is 2.08. The van der Waals surface area contributed by atoms with Gasteiger partial charge in [0.05, 0.1) is 5.38 Å². The molecule has 7 heteroatoms. The van der Waals surface area contributed by atoms with Gasteiger partial charge in [-0.2, -0.15) is 0 Å². The number of thiazole rings is 1. The van der Waals surface area contributed by atoms with Gasteiger partial charge >= 0.3 is 0 Å². The van der Waals surface area contributed by atoms with E-state index in [0.29, 0.717) is 9.09 Å². The molecular weight excluding hydrogens is 226 g/mol. The van der Waals surface area contributed by atoms with Crippen LogP contribution in [-0.2, 0) is 0 Å². The van der Waals surface area contributed by atoms with Crippen LogP contribution in [0.4, 0.5) is 0 Å². The fraction of sp³-hybridized carbons (Fsp3) is 0.167. The van der Waals surface area contributed by atoms with Gasteiger partial charge in [-0.15, -0.1) is 21.5 Å². The summed E-state index contributed by atoms with van der Waals surface area (Å²) in [7, 11) is 0. The third kappa shape index (κ3) is 1.50. The normalized spacial score (nSPS) is 10.5. The maximum atomic E-state index is 9.44. The van der Waals surface area contributed by atoms with Gasteiger partial charge in [-0.3, -0.25) is 0 Å². The fourth-order valence-electron chi connectivity index (χ4n) is 0.855. The number of hydrogen-bond donors (Lipinski definition) is 1. The van der Waals surface area contributed by atoms with Crippen molar-refractivity contribution in [2.24, 2.45) is 0 Å². The molecule has 0 bridgehead atoms. The first kappa shape index (κ1) is 8.79. The Balaban J connectivity index is 2.64. The van der Waals surface area contributed by atoms with Crippen molar-refractivity contribution in [1.82, 2.24) is 14.8 Å². The van der Waals surface area contributed by atoms with E-state index < -0.39 is 0 Å². The van der Waals surface area contributed by atoms with Crippen molar-refractivity contribution in [3.63, 3.8) is 0 Å². The molecule has 0 fully saturated rings. The molecule has 0 radical (unpaired) electrons. The van der Waals surface area contributed by atoms with E-state index in [-0.39, 0.29) is 5.88 Å². The Hall–Kier alpha value is -0.790. The molecule has 0 spiro atoms. The van der Waals surface area contributed by atoms with E-state index in [0.717, 1.165) is 5.01 Å². The summed E-state index contributed by atoms with van der Waals surface area (Å²) in [5.41, 5.74) is 0. The lowest BCUT2D eigenvalue weighted by Gasteiger charge is -1.95. The van der Waals surface area contributed by atoms with Crippen LogP contribution in [0, 0.1) is 10.9 Å². The van der Waals surface area contributed by atoms with Gasteiger partial charge in [-0.1, -0.05) is 11.3 Å². The van der Waals surface area contributed by atoms with E-state index in [2.05, 4.69) is 10.2 Å². The van der Waals surface area contributed by atoms with Gasteiger partial charge in [-0.05, 0) is 19.1 Å². The summed E-state index contributed by atoms with van der Waals surface area (Å²) in [6, 6.07) is 0. The minimum Gasteiger partial charge on any atom is -0.494 e. The summed E-state index contributed by atoms with van der Waals surface area (Å²) < 4.78 is 2.08. The summed E-state index contributed by atoms with van der Waals surface area (Å²) in [6.07, 6.45) is 0. The maximum absolute atomic E-state index is 9.44. The first-order valence-electron chi connectivity index (χ1n) is 3.38. The standard InChI is InChI=1S/C6H5N3OS3/c1-3-7-8-5(13-3)9-4(10)2-12-6(9)11/h2,10H,1H3. The monoisotopic (exact) mass is 231 g/mol. The predicted molar refractivity (Wildman–Crippen MR) is 54.3 cm³/mol. The van der Waals surface area contributed by atoms with Gasteiger partial charge < -0.3 is 5.11 Å². The Morgan fingerprint density at radius 1 is 1.54 bits per heavy atom. The topological polar surface area (TPSA) is 50.9 Å². The largest absolute Gasteiger partial charge is 0.494 e. The number of aromatic nitrogens is 3. The molecule has 13 heavy (non-hydrogen) atoms. The van der Waals surface area contributed by atoms with Crippen LogP contribution in [0.3, 0.4) is 0 Å². The Kier molecular flexibility index (Phi) is 2.14. The summed E-state index contributed by atoms with van der Waals surface area (Å²) in [5.74, 6) is 0.117. The van der Waals surface area contributed by atoms with Crippen LogP contribution in [0.2, 0.25) is 0 Å². The molecule has 2 aromatic heterocycles. The third-order valence-corrected chi connectivity index (χ3v) is 3.39. The molecule has 0 saturated carbocycles. The number of rotatable bonds is 1. The number of aryl methyl sites for hydroxylation is 1. The molecule has 0 aliphatic rings. The van der Waals surface area contributed by atoms with E-state index in [1.54, 1.807) is 5.38 Å². The lowest BCUT2D eigenvalue weighted by Crippen LogP contribution is -1.91. The summed E-state index contributed by atoms with van der Waals surface area (Å²) in [5, 5.41) is 20.2. The Morgan fingerprint density at radius 2 is 2.31 bits per heavy atom. The molecule has 0 aliphatic heterocycles. The van der Waals surface area contributed by atoms with Crippen molar-refractivity contribution in [2.75, 3.05) is 0 Å².